The average Bonchev–Trinajstić information content (AvgIpc) is 3.10. The van der Waals surface area contributed by atoms with Crippen molar-refractivity contribution in [2.24, 2.45) is 0 Å². The minimum atomic E-state index is -0.0973. The van der Waals surface area contributed by atoms with Gasteiger partial charge in [-0.2, -0.15) is 0 Å². The van der Waals surface area contributed by atoms with E-state index in [0.717, 1.165) is 16.5 Å². The SMILES string of the molecule is CCOc1c(OC)cc(C(=O)C(C)=Cc2c[nH]c3ccccc23)cc1OC. The van der Waals surface area contributed by atoms with Crippen LogP contribution < -0.4 is 14.2 Å². The highest BCUT2D eigenvalue weighted by Gasteiger charge is 2.18. The molecule has 3 rings (SSSR count). The average molecular weight is 365 g/mol. The van der Waals surface area contributed by atoms with Crippen molar-refractivity contribution in [3.63, 3.8) is 0 Å². The Labute approximate surface area is 158 Å². The number of Topliss-reactive ketones (excluding diaryl/α,β-unsaturated/α-hetero) is 1. The minimum absolute atomic E-state index is 0.0973. The Morgan fingerprint density at radius 3 is 2.41 bits per heavy atom. The molecule has 0 saturated carbocycles. The zero-order valence-corrected chi connectivity index (χ0v) is 16.0. The number of nitrogens with one attached hydrogen (secondary N) is 1. The van der Waals surface area contributed by atoms with Crippen LogP contribution >= 0.6 is 0 Å². The number of carbonyl (C=O) groups excluding carboxylic acids is 1. The van der Waals surface area contributed by atoms with E-state index in [1.54, 1.807) is 33.3 Å². The van der Waals surface area contributed by atoms with Crippen LogP contribution in [-0.4, -0.2) is 31.6 Å². The molecule has 0 aliphatic rings. The maximum atomic E-state index is 13.0. The van der Waals surface area contributed by atoms with E-state index in [1.807, 2.05) is 43.5 Å². The van der Waals surface area contributed by atoms with Crippen LogP contribution in [0, 0.1) is 0 Å². The Hall–Kier alpha value is -3.21. The van der Waals surface area contributed by atoms with Crippen molar-refractivity contribution >= 4 is 22.8 Å². The third-order valence-electron chi connectivity index (χ3n) is 4.36. The van der Waals surface area contributed by atoms with Crippen molar-refractivity contribution in [2.45, 2.75) is 13.8 Å². The van der Waals surface area contributed by atoms with Gasteiger partial charge in [0.15, 0.2) is 17.3 Å². The first-order chi connectivity index (χ1) is 13.1. The molecule has 0 spiro atoms. The van der Waals surface area contributed by atoms with E-state index in [2.05, 4.69) is 4.98 Å². The van der Waals surface area contributed by atoms with Gasteiger partial charge in [-0.05, 0) is 43.7 Å². The number of methoxy groups -OCH3 is 2. The summed E-state index contributed by atoms with van der Waals surface area (Å²) in [6, 6.07) is 11.4. The van der Waals surface area contributed by atoms with E-state index >= 15 is 0 Å². The summed E-state index contributed by atoms with van der Waals surface area (Å²) in [7, 11) is 3.08. The number of para-hydroxylation sites is 1. The molecule has 1 N–H and O–H groups in total. The third-order valence-corrected chi connectivity index (χ3v) is 4.36. The molecule has 0 fully saturated rings. The summed E-state index contributed by atoms with van der Waals surface area (Å²) in [5.74, 6) is 1.34. The molecule has 0 amide bonds. The quantitative estimate of drug-likeness (QED) is 0.479. The highest BCUT2D eigenvalue weighted by molar-refractivity contribution is 6.12. The lowest BCUT2D eigenvalue weighted by molar-refractivity contribution is 0.103. The zero-order valence-electron chi connectivity index (χ0n) is 16.0. The Kier molecular flexibility index (Phi) is 5.50. The van der Waals surface area contributed by atoms with Crippen molar-refractivity contribution in [1.82, 2.24) is 4.98 Å². The van der Waals surface area contributed by atoms with Gasteiger partial charge in [-0.15, -0.1) is 0 Å². The fourth-order valence-electron chi connectivity index (χ4n) is 3.04. The minimum Gasteiger partial charge on any atom is -0.493 e. The number of rotatable bonds is 7. The molecular weight excluding hydrogens is 342 g/mol. The Balaban J connectivity index is 1.99. The molecule has 1 aromatic heterocycles. The molecule has 3 aromatic rings. The number of carbonyl (C=O) groups is 1. The second-order valence-corrected chi connectivity index (χ2v) is 6.09. The number of aromatic amines is 1. The van der Waals surface area contributed by atoms with Crippen molar-refractivity contribution in [3.8, 4) is 17.2 Å². The standard InChI is InChI=1S/C22H23NO4/c1-5-27-22-19(25-3)11-15(12-20(22)26-4)21(24)14(2)10-16-13-23-18-9-7-6-8-17(16)18/h6-13,23H,5H2,1-4H3. The lowest BCUT2D eigenvalue weighted by Gasteiger charge is -2.15. The van der Waals surface area contributed by atoms with E-state index in [-0.39, 0.29) is 5.78 Å². The molecule has 0 aliphatic heterocycles. The van der Waals surface area contributed by atoms with Gasteiger partial charge in [0, 0.05) is 28.2 Å². The number of hydrogen-bond donors (Lipinski definition) is 1. The van der Waals surface area contributed by atoms with Crippen LogP contribution in [-0.2, 0) is 0 Å². The van der Waals surface area contributed by atoms with Crippen LogP contribution in [0.25, 0.3) is 17.0 Å². The van der Waals surface area contributed by atoms with Crippen LogP contribution in [0.1, 0.15) is 29.8 Å². The number of hydrogen-bond acceptors (Lipinski definition) is 4. The molecule has 0 aliphatic carbocycles. The summed E-state index contributed by atoms with van der Waals surface area (Å²) < 4.78 is 16.4. The van der Waals surface area contributed by atoms with Crippen LogP contribution in [0.5, 0.6) is 17.2 Å². The summed E-state index contributed by atoms with van der Waals surface area (Å²) >= 11 is 0. The van der Waals surface area contributed by atoms with E-state index in [0.29, 0.717) is 35.0 Å². The lowest BCUT2D eigenvalue weighted by Crippen LogP contribution is -2.05. The summed E-state index contributed by atoms with van der Waals surface area (Å²) in [6.07, 6.45) is 3.79. The van der Waals surface area contributed by atoms with Crippen molar-refractivity contribution in [1.29, 1.82) is 0 Å². The van der Waals surface area contributed by atoms with Gasteiger partial charge in [-0.25, -0.2) is 0 Å². The Morgan fingerprint density at radius 1 is 1.11 bits per heavy atom. The van der Waals surface area contributed by atoms with Crippen molar-refractivity contribution in [3.05, 3.63) is 59.3 Å². The predicted octanol–water partition coefficient (Wildman–Crippen LogP) is 4.87. The first-order valence-corrected chi connectivity index (χ1v) is 8.77. The van der Waals surface area contributed by atoms with E-state index in [1.165, 1.54) is 0 Å². The molecule has 27 heavy (non-hydrogen) atoms. The van der Waals surface area contributed by atoms with Crippen LogP contribution in [0.4, 0.5) is 0 Å². The molecule has 0 bridgehead atoms. The first-order valence-electron chi connectivity index (χ1n) is 8.77. The predicted molar refractivity (Wildman–Crippen MR) is 107 cm³/mol. The van der Waals surface area contributed by atoms with Gasteiger partial charge >= 0.3 is 0 Å². The highest BCUT2D eigenvalue weighted by Crippen LogP contribution is 2.39. The van der Waals surface area contributed by atoms with Gasteiger partial charge in [-0.1, -0.05) is 18.2 Å². The largest absolute Gasteiger partial charge is 0.493 e. The second-order valence-electron chi connectivity index (χ2n) is 6.09. The smallest absolute Gasteiger partial charge is 0.203 e. The number of fused-ring (bicyclic) bond motifs is 1. The number of benzene rings is 2. The van der Waals surface area contributed by atoms with Crippen LogP contribution in [0.2, 0.25) is 0 Å². The summed E-state index contributed by atoms with van der Waals surface area (Å²) in [5, 5.41) is 1.08. The Morgan fingerprint density at radius 2 is 1.78 bits per heavy atom. The zero-order chi connectivity index (χ0) is 19.4. The first kappa shape index (κ1) is 18.6. The summed E-state index contributed by atoms with van der Waals surface area (Å²) in [6.45, 7) is 4.16. The van der Waals surface area contributed by atoms with Gasteiger partial charge < -0.3 is 19.2 Å². The number of ether oxygens (including phenoxy) is 3. The number of allylic oxidation sites excluding steroid dienone is 1. The Bertz CT molecular complexity index is 975. The van der Waals surface area contributed by atoms with Gasteiger partial charge in [0.25, 0.3) is 0 Å². The highest BCUT2D eigenvalue weighted by atomic mass is 16.5. The lowest BCUT2D eigenvalue weighted by atomic mass is 10.0. The van der Waals surface area contributed by atoms with Crippen LogP contribution in [0.15, 0.2) is 48.2 Å². The summed E-state index contributed by atoms with van der Waals surface area (Å²) in [5.41, 5.74) is 3.11. The van der Waals surface area contributed by atoms with Crippen molar-refractivity contribution < 1.29 is 19.0 Å². The molecule has 0 atom stereocenters. The number of H-pyrrole nitrogens is 1. The molecular formula is C22H23NO4. The van der Waals surface area contributed by atoms with E-state index in [4.69, 9.17) is 14.2 Å². The molecule has 2 aromatic carbocycles. The van der Waals surface area contributed by atoms with Gasteiger partial charge in [0.1, 0.15) is 0 Å². The second kappa shape index (κ2) is 7.99. The normalized spacial score (nSPS) is 11.5. The van der Waals surface area contributed by atoms with Gasteiger partial charge in [0.05, 0.1) is 20.8 Å². The molecule has 140 valence electrons. The number of aromatic nitrogens is 1. The van der Waals surface area contributed by atoms with E-state index < -0.39 is 0 Å². The maximum Gasteiger partial charge on any atom is 0.203 e. The van der Waals surface area contributed by atoms with Crippen molar-refractivity contribution in [2.75, 3.05) is 20.8 Å². The number of ketones is 1. The monoisotopic (exact) mass is 365 g/mol. The van der Waals surface area contributed by atoms with Crippen LogP contribution in [0.3, 0.4) is 0 Å². The topological polar surface area (TPSA) is 60.5 Å². The van der Waals surface area contributed by atoms with E-state index in [9.17, 15) is 4.79 Å². The van der Waals surface area contributed by atoms with Gasteiger partial charge in [0.2, 0.25) is 5.75 Å². The molecule has 5 nitrogen and oxygen atoms in total. The summed E-state index contributed by atoms with van der Waals surface area (Å²) in [4.78, 5) is 16.2. The molecule has 0 unspecified atom stereocenters. The molecule has 1 heterocycles. The maximum absolute atomic E-state index is 13.0. The fraction of sp³-hybridized carbons (Fsp3) is 0.227. The third kappa shape index (κ3) is 3.67. The molecule has 5 heteroatoms. The fourth-order valence-corrected chi connectivity index (χ4v) is 3.04. The molecule has 0 saturated heterocycles. The van der Waals surface area contributed by atoms with Gasteiger partial charge in [-0.3, -0.25) is 4.79 Å². The molecule has 0 radical (unpaired) electrons.